The predicted molar refractivity (Wildman–Crippen MR) is 121 cm³/mol. The van der Waals surface area contributed by atoms with Crippen LogP contribution in [-0.2, 0) is 20.8 Å². The van der Waals surface area contributed by atoms with E-state index in [1.54, 1.807) is 0 Å². The molecule has 0 amide bonds. The van der Waals surface area contributed by atoms with Gasteiger partial charge < -0.3 is 0 Å². The van der Waals surface area contributed by atoms with Gasteiger partial charge in [0.1, 0.15) is 0 Å². The first-order valence-electron chi connectivity index (χ1n) is 10.3. The fourth-order valence-electron chi connectivity index (χ4n) is 2.62. The summed E-state index contributed by atoms with van der Waals surface area (Å²) in [5.41, 5.74) is 0. The summed E-state index contributed by atoms with van der Waals surface area (Å²) in [5, 5.41) is 0. The average Bonchev–Trinajstić information content (AvgIpc) is 2.52. The van der Waals surface area contributed by atoms with Crippen LogP contribution in [0.2, 0.25) is 0 Å². The Bertz CT molecular complexity index is 434. The van der Waals surface area contributed by atoms with Crippen LogP contribution in [0, 0.1) is 0 Å². The third kappa shape index (κ3) is 82.9. The molecule has 0 rings (SSSR count). The molecule has 0 heterocycles. The van der Waals surface area contributed by atoms with Gasteiger partial charge in [0.15, 0.2) is 0 Å². The molecule has 0 atom stereocenters. The number of hydrogen-bond acceptors (Lipinski definition) is 4. The van der Waals surface area contributed by atoms with Crippen LogP contribution in [-0.4, -0.2) is 64.6 Å². The molecule has 0 aliphatic carbocycles. The van der Waals surface area contributed by atoms with Gasteiger partial charge in [0, 0.05) is 0 Å². The molecule has 0 fully saturated rings. The Morgan fingerprint density at radius 1 is 0.414 bits per heavy atom. The summed E-state index contributed by atoms with van der Waals surface area (Å²) in [6.45, 7) is 4.59. The van der Waals surface area contributed by atoms with E-state index in [9.17, 15) is 0 Å². The predicted octanol–water partition coefficient (Wildman–Crippen LogP) is 5.31. The van der Waals surface area contributed by atoms with Crippen LogP contribution in [0.3, 0.4) is 0 Å². The van der Waals surface area contributed by atoms with Gasteiger partial charge in [-0.1, -0.05) is 117 Å². The molecule has 0 aliphatic rings. The van der Waals surface area contributed by atoms with Gasteiger partial charge in [-0.2, -0.15) is 16.8 Å². The Morgan fingerprint density at radius 3 is 0.621 bits per heavy atom. The fraction of sp³-hybridized carbons (Fsp3) is 1.00. The van der Waals surface area contributed by atoms with Crippen molar-refractivity contribution in [1.82, 2.24) is 0 Å². The molecule has 0 spiro atoms. The molecule has 11 heteroatoms. The molecule has 0 aromatic rings. The van der Waals surface area contributed by atoms with Gasteiger partial charge in [-0.25, -0.2) is 0 Å². The summed E-state index contributed by atoms with van der Waals surface area (Å²) in [5.74, 6) is 0. The van der Waals surface area contributed by atoms with E-state index >= 15 is 0 Å². The van der Waals surface area contributed by atoms with E-state index in [2.05, 4.69) is 13.8 Å². The van der Waals surface area contributed by atoms with Crippen molar-refractivity contribution in [3.63, 3.8) is 0 Å². The summed E-state index contributed by atoms with van der Waals surface area (Å²) < 4.78 is 63.2. The third-order valence-corrected chi connectivity index (χ3v) is 3.96. The molecule has 0 bridgehead atoms. The second kappa shape index (κ2) is 26.8. The normalized spacial score (nSPS) is 10.8. The molecule has 0 aliphatic heterocycles. The molecule has 4 N–H and O–H groups in total. The first-order valence-corrected chi connectivity index (χ1v) is 13.1. The molecule has 0 saturated heterocycles. The van der Waals surface area contributed by atoms with Gasteiger partial charge in [0.2, 0.25) is 0 Å². The van der Waals surface area contributed by atoms with Crippen molar-refractivity contribution in [1.29, 1.82) is 0 Å². The van der Waals surface area contributed by atoms with E-state index in [1.807, 2.05) is 0 Å². The molecule has 29 heavy (non-hydrogen) atoms. The third-order valence-electron chi connectivity index (χ3n) is 3.96. The first-order chi connectivity index (χ1) is 12.9. The van der Waals surface area contributed by atoms with Crippen LogP contribution >= 0.6 is 0 Å². The maximum atomic E-state index is 8.74. The summed E-state index contributed by atoms with van der Waals surface area (Å²) in [7, 11) is -9.33. The Labute approximate surface area is 201 Å². The topological polar surface area (TPSA) is 149 Å². The van der Waals surface area contributed by atoms with Crippen molar-refractivity contribution in [3.8, 4) is 0 Å². The van der Waals surface area contributed by atoms with E-state index in [0.717, 1.165) is 0 Å². The molecule has 0 aromatic carbocycles. The molecular formula is C18H43NaO8S2. The molecule has 176 valence electrons. The Balaban J connectivity index is -0.000000235. The SMILES string of the molecule is CCCCCCCCCCCCCCCCCC.O=S(=O)(O)O.O=S(=O)(O)O.[NaH]. The van der Waals surface area contributed by atoms with Crippen molar-refractivity contribution in [3.05, 3.63) is 0 Å². The zero-order valence-corrected chi connectivity index (χ0v) is 19.2. The van der Waals surface area contributed by atoms with Crippen LogP contribution in [0.25, 0.3) is 0 Å². The molecular weight excluding hydrogens is 431 g/mol. The molecule has 0 aromatic heterocycles. The minimum atomic E-state index is -4.67. The Morgan fingerprint density at radius 2 is 0.517 bits per heavy atom. The van der Waals surface area contributed by atoms with Crippen molar-refractivity contribution >= 4 is 50.4 Å². The Hall–Kier alpha value is 0.740. The quantitative estimate of drug-likeness (QED) is 0.142. The standard InChI is InChI=1S/C18H38.Na.2H2O4S.H/c1-3-5-7-9-11-13-15-17-18-16-14-12-10-8-6-4-2;;2*1-5(2,3)4;/h3-18H2,1-2H3;;2*(H2,1,2,3,4);. The summed E-state index contributed by atoms with van der Waals surface area (Å²) in [6, 6.07) is 0. The first kappa shape index (κ1) is 37.1. The monoisotopic (exact) mass is 474 g/mol. The van der Waals surface area contributed by atoms with E-state index in [-0.39, 0.29) is 29.6 Å². The maximum absolute atomic E-state index is 8.74. The van der Waals surface area contributed by atoms with Gasteiger partial charge in [0.25, 0.3) is 0 Å². The van der Waals surface area contributed by atoms with Gasteiger partial charge in [-0.3, -0.25) is 18.2 Å². The fourth-order valence-corrected chi connectivity index (χ4v) is 2.62. The number of hydrogen-bond donors (Lipinski definition) is 4. The van der Waals surface area contributed by atoms with Gasteiger partial charge in [-0.15, -0.1) is 0 Å². The van der Waals surface area contributed by atoms with Crippen LogP contribution in [0.1, 0.15) is 117 Å². The molecule has 8 nitrogen and oxygen atoms in total. The van der Waals surface area contributed by atoms with E-state index in [0.29, 0.717) is 0 Å². The zero-order valence-electron chi connectivity index (χ0n) is 17.6. The second-order valence-electron chi connectivity index (χ2n) is 6.85. The van der Waals surface area contributed by atoms with E-state index < -0.39 is 20.8 Å². The van der Waals surface area contributed by atoms with E-state index in [4.69, 9.17) is 35.0 Å². The van der Waals surface area contributed by atoms with Gasteiger partial charge >= 0.3 is 50.4 Å². The average molecular weight is 475 g/mol. The molecule has 0 saturated carbocycles. The second-order valence-corrected chi connectivity index (χ2v) is 8.64. The van der Waals surface area contributed by atoms with Crippen LogP contribution in [0.5, 0.6) is 0 Å². The summed E-state index contributed by atoms with van der Waals surface area (Å²) >= 11 is 0. The van der Waals surface area contributed by atoms with E-state index in [1.165, 1.54) is 103 Å². The van der Waals surface area contributed by atoms with Gasteiger partial charge in [0.05, 0.1) is 0 Å². The van der Waals surface area contributed by atoms with Crippen LogP contribution < -0.4 is 0 Å². The Kier molecular flexibility index (Phi) is 34.2. The number of unbranched alkanes of at least 4 members (excludes halogenated alkanes) is 15. The van der Waals surface area contributed by atoms with Gasteiger partial charge in [-0.05, 0) is 0 Å². The molecule has 0 unspecified atom stereocenters. The van der Waals surface area contributed by atoms with Crippen LogP contribution in [0.4, 0.5) is 0 Å². The van der Waals surface area contributed by atoms with Crippen LogP contribution in [0.15, 0.2) is 0 Å². The summed E-state index contributed by atoms with van der Waals surface area (Å²) in [6.07, 6.45) is 23.4. The minimum absolute atomic E-state index is 0. The molecule has 0 radical (unpaired) electrons. The summed E-state index contributed by atoms with van der Waals surface area (Å²) in [4.78, 5) is 0. The van der Waals surface area contributed by atoms with Crippen molar-refractivity contribution in [2.45, 2.75) is 117 Å². The van der Waals surface area contributed by atoms with Crippen molar-refractivity contribution < 1.29 is 35.0 Å². The number of rotatable bonds is 15. The van der Waals surface area contributed by atoms with Crippen molar-refractivity contribution in [2.75, 3.05) is 0 Å². The zero-order chi connectivity index (χ0) is 22.3. The van der Waals surface area contributed by atoms with Crippen molar-refractivity contribution in [2.24, 2.45) is 0 Å².